The number of aromatic nitrogens is 2. The molecule has 0 unspecified atom stereocenters. The molecule has 2 aromatic rings. The van der Waals surface area contributed by atoms with Crippen LogP contribution >= 0.6 is 11.6 Å². The molecule has 0 amide bonds. The molecule has 0 radical (unpaired) electrons. The maximum absolute atomic E-state index is 6.19. The van der Waals surface area contributed by atoms with Crippen molar-refractivity contribution < 1.29 is 4.74 Å². The number of para-hydroxylation sites is 1. The van der Waals surface area contributed by atoms with Gasteiger partial charge >= 0.3 is 0 Å². The van der Waals surface area contributed by atoms with E-state index in [2.05, 4.69) is 11.9 Å². The molecule has 0 saturated carbocycles. The number of ether oxygens (including phenoxy) is 1. The molecule has 98 valence electrons. The van der Waals surface area contributed by atoms with Crippen molar-refractivity contribution in [3.63, 3.8) is 0 Å². The highest BCUT2D eigenvalue weighted by Crippen LogP contribution is 2.25. The van der Waals surface area contributed by atoms with Gasteiger partial charge in [-0.15, -0.1) is 0 Å². The molecule has 1 heterocycles. The second-order valence-electron chi connectivity index (χ2n) is 4.20. The topological polar surface area (TPSA) is 53.1 Å². The van der Waals surface area contributed by atoms with E-state index < -0.39 is 0 Å². The maximum atomic E-state index is 6.19. The summed E-state index contributed by atoms with van der Waals surface area (Å²) in [5, 5.41) is 0.686. The Hall–Kier alpha value is -1.26. The maximum Gasteiger partial charge on any atom is 0.201 e. The van der Waals surface area contributed by atoms with E-state index in [1.54, 1.807) is 0 Å². The summed E-state index contributed by atoms with van der Waals surface area (Å²) in [6.07, 6.45) is 1.95. The van der Waals surface area contributed by atoms with Gasteiger partial charge in [0, 0.05) is 19.8 Å². The molecule has 0 bridgehead atoms. The van der Waals surface area contributed by atoms with Gasteiger partial charge in [0.25, 0.3) is 0 Å². The fourth-order valence-corrected chi connectivity index (χ4v) is 2.23. The highest BCUT2D eigenvalue weighted by atomic mass is 35.5. The number of aryl methyl sites for hydroxylation is 1. The molecule has 0 fully saturated rings. The van der Waals surface area contributed by atoms with E-state index in [1.165, 1.54) is 0 Å². The van der Waals surface area contributed by atoms with E-state index >= 15 is 0 Å². The zero-order valence-corrected chi connectivity index (χ0v) is 11.3. The van der Waals surface area contributed by atoms with Crippen LogP contribution in [0.4, 0.5) is 5.95 Å². The van der Waals surface area contributed by atoms with E-state index in [-0.39, 0.29) is 0 Å². The quantitative estimate of drug-likeness (QED) is 0.819. The van der Waals surface area contributed by atoms with Crippen LogP contribution in [-0.4, -0.2) is 22.8 Å². The Morgan fingerprint density at radius 1 is 1.39 bits per heavy atom. The summed E-state index contributed by atoms with van der Waals surface area (Å²) in [5.41, 5.74) is 7.67. The number of anilines is 1. The van der Waals surface area contributed by atoms with Gasteiger partial charge in [-0.2, -0.15) is 0 Å². The Labute approximate surface area is 112 Å². The standard InChI is InChI=1S/C13H18ClN3O/c1-2-8-18-9-4-7-17-12-10(14)5-3-6-11(12)16-13(17)15/h3,5-6H,2,4,7-9H2,1H3,(H2,15,16). The van der Waals surface area contributed by atoms with Crippen LogP contribution in [0, 0.1) is 0 Å². The van der Waals surface area contributed by atoms with Crippen molar-refractivity contribution in [2.24, 2.45) is 0 Å². The number of benzene rings is 1. The van der Waals surface area contributed by atoms with Crippen LogP contribution in [0.25, 0.3) is 11.0 Å². The first kappa shape index (κ1) is 13.2. The molecule has 5 heteroatoms. The number of halogens is 1. The largest absolute Gasteiger partial charge is 0.381 e. The molecule has 0 aliphatic rings. The highest BCUT2D eigenvalue weighted by Gasteiger charge is 2.10. The molecule has 0 aliphatic heterocycles. The lowest BCUT2D eigenvalue weighted by molar-refractivity contribution is 0.129. The number of rotatable bonds is 6. The first-order valence-corrected chi connectivity index (χ1v) is 6.59. The van der Waals surface area contributed by atoms with Gasteiger partial charge in [-0.25, -0.2) is 4.98 Å². The van der Waals surface area contributed by atoms with E-state index in [1.807, 2.05) is 22.8 Å². The fourth-order valence-electron chi connectivity index (χ4n) is 1.96. The lowest BCUT2D eigenvalue weighted by Gasteiger charge is -2.07. The van der Waals surface area contributed by atoms with Gasteiger partial charge in [-0.1, -0.05) is 24.6 Å². The second-order valence-corrected chi connectivity index (χ2v) is 4.60. The highest BCUT2D eigenvalue weighted by molar-refractivity contribution is 6.35. The molecule has 0 atom stereocenters. The van der Waals surface area contributed by atoms with Crippen LogP contribution in [0.15, 0.2) is 18.2 Å². The van der Waals surface area contributed by atoms with Crippen molar-refractivity contribution in [1.82, 2.24) is 9.55 Å². The molecule has 0 saturated heterocycles. The van der Waals surface area contributed by atoms with Crippen molar-refractivity contribution >= 4 is 28.6 Å². The first-order chi connectivity index (χ1) is 8.74. The summed E-state index contributed by atoms with van der Waals surface area (Å²) in [6, 6.07) is 5.66. The smallest absolute Gasteiger partial charge is 0.201 e. The average molecular weight is 268 g/mol. The number of nitrogens with two attached hydrogens (primary N) is 1. The molecular weight excluding hydrogens is 250 g/mol. The predicted octanol–water partition coefficient (Wildman–Crippen LogP) is 3.09. The summed E-state index contributed by atoms with van der Waals surface area (Å²) in [4.78, 5) is 4.30. The molecule has 1 aromatic heterocycles. The summed E-state index contributed by atoms with van der Waals surface area (Å²) in [6.45, 7) is 4.41. The van der Waals surface area contributed by atoms with E-state index in [0.29, 0.717) is 11.0 Å². The Kier molecular flexibility index (Phi) is 4.44. The molecule has 18 heavy (non-hydrogen) atoms. The number of nitrogen functional groups attached to an aromatic ring is 1. The van der Waals surface area contributed by atoms with Crippen LogP contribution < -0.4 is 5.73 Å². The summed E-state index contributed by atoms with van der Waals surface area (Å²) in [5.74, 6) is 0.508. The van der Waals surface area contributed by atoms with Crippen molar-refractivity contribution in [3.8, 4) is 0 Å². The van der Waals surface area contributed by atoms with Gasteiger partial charge in [-0.05, 0) is 25.0 Å². The third-order valence-electron chi connectivity index (χ3n) is 2.77. The van der Waals surface area contributed by atoms with E-state index in [9.17, 15) is 0 Å². The van der Waals surface area contributed by atoms with E-state index in [0.717, 1.165) is 43.6 Å². The Morgan fingerprint density at radius 3 is 3.00 bits per heavy atom. The zero-order chi connectivity index (χ0) is 13.0. The Bertz CT molecular complexity index is 524. The van der Waals surface area contributed by atoms with Crippen LogP contribution in [0.2, 0.25) is 5.02 Å². The number of imidazole rings is 1. The Morgan fingerprint density at radius 2 is 2.22 bits per heavy atom. The summed E-state index contributed by atoms with van der Waals surface area (Å²) in [7, 11) is 0. The van der Waals surface area contributed by atoms with Gasteiger partial charge in [0.15, 0.2) is 0 Å². The van der Waals surface area contributed by atoms with Crippen molar-refractivity contribution in [3.05, 3.63) is 23.2 Å². The normalized spacial score (nSPS) is 11.2. The predicted molar refractivity (Wildman–Crippen MR) is 74.9 cm³/mol. The third-order valence-corrected chi connectivity index (χ3v) is 3.07. The average Bonchev–Trinajstić information content (AvgIpc) is 2.67. The number of hydrogen-bond donors (Lipinski definition) is 1. The lowest BCUT2D eigenvalue weighted by atomic mass is 10.3. The van der Waals surface area contributed by atoms with Gasteiger partial charge in [-0.3, -0.25) is 0 Å². The molecule has 1 aromatic carbocycles. The summed E-state index contributed by atoms with van der Waals surface area (Å²) >= 11 is 6.19. The molecular formula is C13H18ClN3O. The van der Waals surface area contributed by atoms with Gasteiger partial charge in [0.2, 0.25) is 5.95 Å². The van der Waals surface area contributed by atoms with Gasteiger partial charge in [0.05, 0.1) is 16.1 Å². The van der Waals surface area contributed by atoms with E-state index in [4.69, 9.17) is 22.1 Å². The minimum Gasteiger partial charge on any atom is -0.381 e. The molecule has 0 spiro atoms. The number of fused-ring (bicyclic) bond motifs is 1. The van der Waals surface area contributed by atoms with Crippen LogP contribution in [0.1, 0.15) is 19.8 Å². The number of nitrogens with zero attached hydrogens (tertiary/aromatic N) is 2. The third kappa shape index (κ3) is 2.76. The number of hydrogen-bond acceptors (Lipinski definition) is 3. The van der Waals surface area contributed by atoms with Gasteiger partial charge < -0.3 is 15.0 Å². The summed E-state index contributed by atoms with van der Waals surface area (Å²) < 4.78 is 7.41. The van der Waals surface area contributed by atoms with Crippen LogP contribution in [-0.2, 0) is 11.3 Å². The molecule has 2 N–H and O–H groups in total. The zero-order valence-electron chi connectivity index (χ0n) is 10.5. The minimum atomic E-state index is 0.508. The SMILES string of the molecule is CCCOCCCn1c(N)nc2cccc(Cl)c21. The first-order valence-electron chi connectivity index (χ1n) is 6.22. The van der Waals surface area contributed by atoms with Gasteiger partial charge in [0.1, 0.15) is 0 Å². The monoisotopic (exact) mass is 267 g/mol. The van der Waals surface area contributed by atoms with Crippen LogP contribution in [0.3, 0.4) is 0 Å². The molecule has 2 rings (SSSR count). The molecule has 4 nitrogen and oxygen atoms in total. The minimum absolute atomic E-state index is 0.508. The molecule has 0 aliphatic carbocycles. The van der Waals surface area contributed by atoms with Crippen LogP contribution in [0.5, 0.6) is 0 Å². The fraction of sp³-hybridized carbons (Fsp3) is 0.462. The van der Waals surface area contributed by atoms with Crippen molar-refractivity contribution in [1.29, 1.82) is 0 Å². The second kappa shape index (κ2) is 6.07. The Balaban J connectivity index is 2.10. The lowest BCUT2D eigenvalue weighted by Crippen LogP contribution is -2.06. The van der Waals surface area contributed by atoms with Crippen molar-refractivity contribution in [2.75, 3.05) is 18.9 Å². The van der Waals surface area contributed by atoms with Crippen molar-refractivity contribution in [2.45, 2.75) is 26.3 Å².